The molecule has 0 bridgehead atoms. The van der Waals surface area contributed by atoms with Crippen LogP contribution in [0.1, 0.15) is 23.2 Å². The van der Waals surface area contributed by atoms with Gasteiger partial charge in [-0.1, -0.05) is 30.3 Å². The third-order valence-electron chi connectivity index (χ3n) is 5.52. The van der Waals surface area contributed by atoms with Gasteiger partial charge in [0.2, 0.25) is 0 Å². The number of carbonyl (C=O) groups is 1. The summed E-state index contributed by atoms with van der Waals surface area (Å²) in [6.07, 6.45) is 3.50. The van der Waals surface area contributed by atoms with Gasteiger partial charge in [0, 0.05) is 23.4 Å². The molecular weight excluding hydrogens is 444 g/mol. The first-order valence-corrected chi connectivity index (χ1v) is 11.3. The predicted octanol–water partition coefficient (Wildman–Crippen LogP) is 4.67. The molecule has 4 aromatic rings. The Morgan fingerprint density at radius 1 is 0.971 bits per heavy atom. The highest BCUT2D eigenvalue weighted by molar-refractivity contribution is 5.95. The van der Waals surface area contributed by atoms with Crippen LogP contribution in [-0.2, 0) is 0 Å². The second kappa shape index (κ2) is 9.72. The number of nitrogens with one attached hydrogen (secondary N) is 2. The van der Waals surface area contributed by atoms with E-state index in [1.807, 2.05) is 18.2 Å². The minimum Gasteiger partial charge on any atom is -0.497 e. The van der Waals surface area contributed by atoms with Crippen molar-refractivity contribution in [3.05, 3.63) is 101 Å². The molecule has 0 atom stereocenters. The largest absolute Gasteiger partial charge is 0.497 e. The van der Waals surface area contributed by atoms with Crippen molar-refractivity contribution >= 4 is 17.3 Å². The maximum atomic E-state index is 13.5. The molecule has 1 aliphatic rings. The highest BCUT2D eigenvalue weighted by atomic mass is 16.5. The normalized spacial score (nSPS) is 12.6. The van der Waals surface area contributed by atoms with Crippen LogP contribution in [0.5, 0.6) is 17.2 Å². The third-order valence-corrected chi connectivity index (χ3v) is 5.52. The Morgan fingerprint density at radius 2 is 1.74 bits per heavy atom. The summed E-state index contributed by atoms with van der Waals surface area (Å²) in [5.74, 6) is 1.21. The minimum atomic E-state index is -0.399. The molecule has 0 unspecified atom stereocenters. The lowest BCUT2D eigenvalue weighted by Crippen LogP contribution is -2.25. The summed E-state index contributed by atoms with van der Waals surface area (Å²) < 4.78 is 12.6. The molecule has 2 N–H and O–H groups in total. The molecule has 1 heterocycles. The molecule has 0 aliphatic heterocycles. The molecular formula is C27H24N4O4. The summed E-state index contributed by atoms with van der Waals surface area (Å²) in [6.45, 7) is 0. The van der Waals surface area contributed by atoms with Gasteiger partial charge in [-0.25, -0.2) is 0 Å². The van der Waals surface area contributed by atoms with Crippen LogP contribution in [0.3, 0.4) is 0 Å². The molecule has 0 radical (unpaired) electrons. The molecule has 3 aromatic carbocycles. The first-order chi connectivity index (χ1) is 17.1. The first-order valence-electron chi connectivity index (χ1n) is 11.3. The van der Waals surface area contributed by atoms with Gasteiger partial charge < -0.3 is 20.1 Å². The van der Waals surface area contributed by atoms with Crippen LogP contribution < -0.4 is 25.7 Å². The molecule has 1 amide bonds. The van der Waals surface area contributed by atoms with Gasteiger partial charge in [-0.15, -0.1) is 0 Å². The molecule has 1 aromatic heterocycles. The van der Waals surface area contributed by atoms with Crippen LogP contribution >= 0.6 is 0 Å². The summed E-state index contributed by atoms with van der Waals surface area (Å²) in [4.78, 5) is 26.1. The molecule has 176 valence electrons. The summed E-state index contributed by atoms with van der Waals surface area (Å²) in [5.41, 5.74) is 1.49. The second-order valence-electron chi connectivity index (χ2n) is 8.17. The first kappa shape index (κ1) is 22.2. The second-order valence-corrected chi connectivity index (χ2v) is 8.17. The number of rotatable bonds is 8. The van der Waals surface area contributed by atoms with Crippen molar-refractivity contribution in [3.8, 4) is 22.9 Å². The number of ether oxygens (including phenoxy) is 2. The monoisotopic (exact) mass is 468 g/mol. The van der Waals surface area contributed by atoms with Crippen LogP contribution in [0.25, 0.3) is 5.69 Å². The van der Waals surface area contributed by atoms with Crippen LogP contribution in [0, 0.1) is 0 Å². The van der Waals surface area contributed by atoms with E-state index in [0.29, 0.717) is 28.4 Å². The summed E-state index contributed by atoms with van der Waals surface area (Å²) in [5, 5.41) is 10.5. The van der Waals surface area contributed by atoms with E-state index in [0.717, 1.165) is 12.8 Å². The van der Waals surface area contributed by atoms with E-state index < -0.39 is 5.56 Å². The molecule has 5 rings (SSSR count). The molecule has 1 aliphatic carbocycles. The average Bonchev–Trinajstić information content (AvgIpc) is 3.71. The third kappa shape index (κ3) is 5.16. The van der Waals surface area contributed by atoms with Crippen LogP contribution in [0.2, 0.25) is 0 Å². The smallest absolute Gasteiger partial charge is 0.299 e. The summed E-state index contributed by atoms with van der Waals surface area (Å²) in [7, 11) is 1.57. The lowest BCUT2D eigenvalue weighted by molar-refractivity contribution is 0.0951. The van der Waals surface area contributed by atoms with Crippen LogP contribution in [0.4, 0.5) is 11.4 Å². The number of carbonyl (C=O) groups excluding carboxylic acids is 1. The van der Waals surface area contributed by atoms with Crippen molar-refractivity contribution in [2.75, 3.05) is 12.4 Å². The van der Waals surface area contributed by atoms with Gasteiger partial charge in [0.15, 0.2) is 11.4 Å². The van der Waals surface area contributed by atoms with Crippen molar-refractivity contribution in [2.24, 2.45) is 0 Å². The SMILES string of the molecule is COc1cccc(Oc2cnn(-c3ccccc3)c(=O)c2Nc2cccc(C(=O)NC3CC3)c2)c1. The fourth-order valence-electron chi connectivity index (χ4n) is 3.55. The van der Waals surface area contributed by atoms with Crippen LogP contribution in [0.15, 0.2) is 89.9 Å². The molecule has 35 heavy (non-hydrogen) atoms. The quantitative estimate of drug-likeness (QED) is 0.390. The van der Waals surface area contributed by atoms with Crippen LogP contribution in [-0.4, -0.2) is 28.8 Å². The van der Waals surface area contributed by atoms with Crippen molar-refractivity contribution in [1.29, 1.82) is 0 Å². The van der Waals surface area contributed by atoms with E-state index in [9.17, 15) is 9.59 Å². The van der Waals surface area contributed by atoms with Gasteiger partial charge in [-0.05, 0) is 55.3 Å². The zero-order chi connectivity index (χ0) is 24.2. The lowest BCUT2D eigenvalue weighted by Gasteiger charge is -2.15. The minimum absolute atomic E-state index is 0.138. The van der Waals surface area contributed by atoms with Gasteiger partial charge in [0.05, 0.1) is 19.0 Å². The number of hydrogen-bond donors (Lipinski definition) is 2. The molecule has 1 fully saturated rings. The Bertz CT molecular complexity index is 1410. The number of anilines is 2. The number of benzene rings is 3. The highest BCUT2D eigenvalue weighted by Gasteiger charge is 2.24. The zero-order valence-electron chi connectivity index (χ0n) is 19.1. The Kier molecular flexibility index (Phi) is 6.17. The maximum Gasteiger partial charge on any atom is 0.299 e. The van der Waals surface area contributed by atoms with Crippen molar-refractivity contribution in [3.63, 3.8) is 0 Å². The number of aromatic nitrogens is 2. The van der Waals surface area contributed by atoms with Crippen molar-refractivity contribution < 1.29 is 14.3 Å². The molecule has 0 spiro atoms. The maximum absolute atomic E-state index is 13.5. The Labute approximate surface area is 202 Å². The summed E-state index contributed by atoms with van der Waals surface area (Å²) >= 11 is 0. The average molecular weight is 469 g/mol. The highest BCUT2D eigenvalue weighted by Crippen LogP contribution is 2.31. The van der Waals surface area contributed by atoms with Gasteiger partial charge in [0.1, 0.15) is 11.5 Å². The van der Waals surface area contributed by atoms with E-state index in [4.69, 9.17) is 9.47 Å². The standard InChI is InChI=1S/C27H24N4O4/c1-34-22-11-6-12-23(16-22)35-24-17-28-31(21-9-3-2-4-10-21)27(33)25(24)29-20-8-5-7-18(15-20)26(32)30-19-13-14-19/h2-12,15-17,19,29H,13-14H2,1H3,(H,30,32). The van der Waals surface area contributed by atoms with E-state index in [1.54, 1.807) is 67.8 Å². The number of methoxy groups -OCH3 is 1. The Hall–Kier alpha value is -4.59. The number of para-hydroxylation sites is 1. The van der Waals surface area contributed by atoms with Gasteiger partial charge in [-0.3, -0.25) is 9.59 Å². The van der Waals surface area contributed by atoms with E-state index >= 15 is 0 Å². The lowest BCUT2D eigenvalue weighted by atomic mass is 10.2. The van der Waals surface area contributed by atoms with Gasteiger partial charge in [0.25, 0.3) is 11.5 Å². The van der Waals surface area contributed by atoms with E-state index in [-0.39, 0.29) is 23.4 Å². The molecule has 8 nitrogen and oxygen atoms in total. The van der Waals surface area contributed by atoms with E-state index in [1.165, 1.54) is 10.9 Å². The number of amides is 1. The van der Waals surface area contributed by atoms with Crippen molar-refractivity contribution in [2.45, 2.75) is 18.9 Å². The molecule has 8 heteroatoms. The Balaban J connectivity index is 1.52. The fourth-order valence-corrected chi connectivity index (χ4v) is 3.55. The molecule has 0 saturated heterocycles. The molecule has 1 saturated carbocycles. The fraction of sp³-hybridized carbons (Fsp3) is 0.148. The zero-order valence-corrected chi connectivity index (χ0v) is 19.1. The number of hydrogen-bond acceptors (Lipinski definition) is 6. The van der Waals surface area contributed by atoms with Crippen molar-refractivity contribution in [1.82, 2.24) is 15.1 Å². The number of nitrogens with zero attached hydrogens (tertiary/aromatic N) is 2. The predicted molar refractivity (Wildman–Crippen MR) is 133 cm³/mol. The van der Waals surface area contributed by atoms with E-state index in [2.05, 4.69) is 15.7 Å². The summed E-state index contributed by atoms with van der Waals surface area (Å²) in [6, 6.07) is 23.5. The van der Waals surface area contributed by atoms with Gasteiger partial charge in [-0.2, -0.15) is 9.78 Å². The van der Waals surface area contributed by atoms with Gasteiger partial charge >= 0.3 is 0 Å². The topological polar surface area (TPSA) is 94.5 Å². The Morgan fingerprint density at radius 3 is 2.51 bits per heavy atom.